The summed E-state index contributed by atoms with van der Waals surface area (Å²) in [6.07, 6.45) is 0. The molecule has 1 atom stereocenters. The summed E-state index contributed by atoms with van der Waals surface area (Å²) in [5.41, 5.74) is 2.26. The molecule has 2 N–H and O–H groups in total. The Bertz CT molecular complexity index is 678. The van der Waals surface area contributed by atoms with E-state index in [9.17, 15) is 0 Å². The molecule has 2 aromatic rings. The normalized spacial score (nSPS) is 17.2. The Kier molecular flexibility index (Phi) is 6.42. The number of thiophene rings is 1. The summed E-state index contributed by atoms with van der Waals surface area (Å²) in [7, 11) is 2.19. The Morgan fingerprint density at radius 1 is 1.20 bits per heavy atom. The molecule has 0 bridgehead atoms. The summed E-state index contributed by atoms with van der Waals surface area (Å²) in [6.45, 7) is 7.34. The lowest BCUT2D eigenvalue weighted by Gasteiger charge is -2.37. The van der Waals surface area contributed by atoms with Crippen molar-refractivity contribution in [1.29, 1.82) is 0 Å². The van der Waals surface area contributed by atoms with Gasteiger partial charge in [0.1, 0.15) is 0 Å². The molecule has 6 heteroatoms. The van der Waals surface area contributed by atoms with E-state index < -0.39 is 0 Å². The van der Waals surface area contributed by atoms with Gasteiger partial charge in [-0.2, -0.15) is 0 Å². The molecule has 1 saturated heterocycles. The number of thiocarbonyl (C=S) groups is 1. The average molecular weight is 375 g/mol. The van der Waals surface area contributed by atoms with Crippen LogP contribution >= 0.6 is 23.6 Å². The minimum absolute atomic E-state index is 0.367. The van der Waals surface area contributed by atoms with E-state index >= 15 is 0 Å². The first kappa shape index (κ1) is 18.3. The van der Waals surface area contributed by atoms with Crippen molar-refractivity contribution in [3.63, 3.8) is 0 Å². The first-order valence-electron chi connectivity index (χ1n) is 8.69. The number of likely N-dealkylation sites (N-methyl/N-ethyl adjacent to an activating group) is 1. The highest BCUT2D eigenvalue weighted by atomic mass is 32.1. The molecule has 1 aliphatic rings. The second-order valence-electron chi connectivity index (χ2n) is 6.57. The van der Waals surface area contributed by atoms with Gasteiger partial charge in [0.15, 0.2) is 5.11 Å². The molecule has 0 spiro atoms. The maximum atomic E-state index is 5.50. The van der Waals surface area contributed by atoms with E-state index in [0.29, 0.717) is 11.2 Å². The molecule has 0 saturated carbocycles. The van der Waals surface area contributed by atoms with Crippen molar-refractivity contribution in [3.8, 4) is 0 Å². The van der Waals surface area contributed by atoms with Gasteiger partial charge in [0.05, 0.1) is 6.04 Å². The van der Waals surface area contributed by atoms with Gasteiger partial charge in [0.25, 0.3) is 0 Å². The van der Waals surface area contributed by atoms with Gasteiger partial charge in [-0.05, 0) is 55.3 Å². The van der Waals surface area contributed by atoms with Crippen LogP contribution in [0.3, 0.4) is 0 Å². The Morgan fingerprint density at radius 3 is 2.68 bits per heavy atom. The number of anilines is 1. The standard InChI is InChI=1S/C19H26N4S2/c1-15-5-3-6-16(13-15)21-19(24)20-14-17(18-7-4-12-25-18)23-10-8-22(2)9-11-23/h3-7,12-13,17H,8-11,14H2,1-2H3,(H2,20,21,24)/t17-/m1/s1. The van der Waals surface area contributed by atoms with E-state index in [1.807, 2.05) is 23.5 Å². The maximum Gasteiger partial charge on any atom is 0.170 e. The van der Waals surface area contributed by atoms with E-state index in [-0.39, 0.29) is 0 Å². The molecule has 2 heterocycles. The van der Waals surface area contributed by atoms with Crippen LogP contribution in [0.25, 0.3) is 0 Å². The maximum absolute atomic E-state index is 5.50. The van der Waals surface area contributed by atoms with Crippen LogP contribution < -0.4 is 10.6 Å². The molecule has 134 valence electrons. The quantitative estimate of drug-likeness (QED) is 0.784. The molecule has 1 aromatic heterocycles. The minimum atomic E-state index is 0.367. The number of hydrogen-bond acceptors (Lipinski definition) is 4. The first-order chi connectivity index (χ1) is 12.1. The number of rotatable bonds is 5. The van der Waals surface area contributed by atoms with E-state index in [2.05, 4.69) is 64.1 Å². The third-order valence-corrected chi connectivity index (χ3v) is 5.80. The summed E-state index contributed by atoms with van der Waals surface area (Å²) in [4.78, 5) is 6.35. The molecule has 0 amide bonds. The van der Waals surface area contributed by atoms with Crippen molar-refractivity contribution >= 4 is 34.4 Å². The highest BCUT2D eigenvalue weighted by Crippen LogP contribution is 2.25. The van der Waals surface area contributed by atoms with Crippen molar-refractivity contribution in [2.24, 2.45) is 0 Å². The lowest BCUT2D eigenvalue weighted by molar-refractivity contribution is 0.114. The van der Waals surface area contributed by atoms with E-state index in [1.54, 1.807) is 0 Å². The molecule has 0 aliphatic carbocycles. The molecule has 1 fully saturated rings. The van der Waals surface area contributed by atoms with Crippen LogP contribution in [-0.4, -0.2) is 54.7 Å². The number of nitrogens with zero attached hydrogens (tertiary/aromatic N) is 2. The van der Waals surface area contributed by atoms with E-state index in [1.165, 1.54) is 10.4 Å². The summed E-state index contributed by atoms with van der Waals surface area (Å²) in [5.74, 6) is 0. The number of aryl methyl sites for hydroxylation is 1. The van der Waals surface area contributed by atoms with Crippen molar-refractivity contribution in [2.45, 2.75) is 13.0 Å². The van der Waals surface area contributed by atoms with Crippen LogP contribution in [0.1, 0.15) is 16.5 Å². The summed E-state index contributed by atoms with van der Waals surface area (Å²) >= 11 is 7.33. The zero-order chi connectivity index (χ0) is 17.6. The van der Waals surface area contributed by atoms with Crippen LogP contribution in [-0.2, 0) is 0 Å². The Labute approximate surface area is 159 Å². The van der Waals surface area contributed by atoms with Crippen LogP contribution in [0.4, 0.5) is 5.69 Å². The van der Waals surface area contributed by atoms with E-state index in [0.717, 1.165) is 38.4 Å². The molecule has 1 aliphatic heterocycles. The fourth-order valence-corrected chi connectivity index (χ4v) is 4.17. The van der Waals surface area contributed by atoms with Crippen LogP contribution in [0, 0.1) is 6.92 Å². The van der Waals surface area contributed by atoms with Crippen molar-refractivity contribution in [1.82, 2.24) is 15.1 Å². The Morgan fingerprint density at radius 2 is 2.00 bits per heavy atom. The van der Waals surface area contributed by atoms with E-state index in [4.69, 9.17) is 12.2 Å². The first-order valence-corrected chi connectivity index (χ1v) is 9.98. The van der Waals surface area contributed by atoms with Gasteiger partial charge in [-0.15, -0.1) is 11.3 Å². The lowest BCUT2D eigenvalue weighted by atomic mass is 10.1. The second-order valence-corrected chi connectivity index (χ2v) is 7.96. The molecule has 25 heavy (non-hydrogen) atoms. The Balaban J connectivity index is 1.59. The van der Waals surface area contributed by atoms with Gasteiger partial charge in [-0.3, -0.25) is 4.90 Å². The molecular formula is C19H26N4S2. The van der Waals surface area contributed by atoms with Gasteiger partial charge in [-0.1, -0.05) is 18.2 Å². The van der Waals surface area contributed by atoms with Crippen LogP contribution in [0.2, 0.25) is 0 Å². The second kappa shape index (κ2) is 8.76. The molecular weight excluding hydrogens is 348 g/mol. The van der Waals surface area contributed by atoms with Gasteiger partial charge in [0, 0.05) is 43.3 Å². The van der Waals surface area contributed by atoms with Crippen molar-refractivity contribution in [3.05, 3.63) is 52.2 Å². The fourth-order valence-electron chi connectivity index (χ4n) is 3.11. The number of hydrogen-bond donors (Lipinski definition) is 2. The summed E-state index contributed by atoms with van der Waals surface area (Å²) < 4.78 is 0. The highest BCUT2D eigenvalue weighted by Gasteiger charge is 2.24. The predicted octanol–water partition coefficient (Wildman–Crippen LogP) is 3.33. The third kappa shape index (κ3) is 5.25. The topological polar surface area (TPSA) is 30.5 Å². The summed E-state index contributed by atoms with van der Waals surface area (Å²) in [6, 6.07) is 13.0. The van der Waals surface area contributed by atoms with Crippen LogP contribution in [0.15, 0.2) is 41.8 Å². The average Bonchev–Trinajstić information content (AvgIpc) is 3.11. The zero-order valence-corrected chi connectivity index (χ0v) is 16.5. The highest BCUT2D eigenvalue weighted by molar-refractivity contribution is 7.80. The number of piperazine rings is 1. The molecule has 1 aromatic carbocycles. The van der Waals surface area contributed by atoms with Gasteiger partial charge >= 0.3 is 0 Å². The zero-order valence-electron chi connectivity index (χ0n) is 14.9. The van der Waals surface area contributed by atoms with Gasteiger partial charge in [-0.25, -0.2) is 0 Å². The fraction of sp³-hybridized carbons (Fsp3) is 0.421. The number of nitrogens with one attached hydrogen (secondary N) is 2. The molecule has 0 radical (unpaired) electrons. The SMILES string of the molecule is Cc1cccc(NC(=S)NC[C@H](c2cccs2)N2CCN(C)CC2)c1. The van der Waals surface area contributed by atoms with Gasteiger partial charge < -0.3 is 15.5 Å². The molecule has 4 nitrogen and oxygen atoms in total. The minimum Gasteiger partial charge on any atom is -0.360 e. The molecule has 3 rings (SSSR count). The lowest BCUT2D eigenvalue weighted by Crippen LogP contribution is -2.48. The van der Waals surface area contributed by atoms with Crippen molar-refractivity contribution < 1.29 is 0 Å². The monoisotopic (exact) mass is 374 g/mol. The smallest absolute Gasteiger partial charge is 0.170 e. The number of benzene rings is 1. The largest absolute Gasteiger partial charge is 0.360 e. The van der Waals surface area contributed by atoms with Gasteiger partial charge in [0.2, 0.25) is 0 Å². The summed E-state index contributed by atoms with van der Waals surface area (Å²) in [5, 5.41) is 9.55. The predicted molar refractivity (Wildman–Crippen MR) is 112 cm³/mol. The third-order valence-electron chi connectivity index (χ3n) is 4.58. The molecule has 0 unspecified atom stereocenters. The van der Waals surface area contributed by atoms with Crippen molar-refractivity contribution in [2.75, 3.05) is 45.1 Å². The Hall–Kier alpha value is -1.47. The van der Waals surface area contributed by atoms with Crippen LogP contribution in [0.5, 0.6) is 0 Å².